The number of sulfonamides is 2. The third-order valence-electron chi connectivity index (χ3n) is 12.0. The van der Waals surface area contributed by atoms with Crippen molar-refractivity contribution in [2.75, 3.05) is 0 Å². The van der Waals surface area contributed by atoms with E-state index in [4.69, 9.17) is 0 Å². The van der Waals surface area contributed by atoms with Gasteiger partial charge < -0.3 is 4.13 Å². The van der Waals surface area contributed by atoms with E-state index in [2.05, 4.69) is 54.6 Å². The summed E-state index contributed by atoms with van der Waals surface area (Å²) < 4.78 is 109. The van der Waals surface area contributed by atoms with Crippen molar-refractivity contribution in [2.45, 2.75) is 98.4 Å². The van der Waals surface area contributed by atoms with Crippen molar-refractivity contribution >= 4 is 33.3 Å². The number of benzene rings is 2. The molecule has 10 rings (SSSR count). The topological polar surface area (TPSA) is 82.4 Å². The molecule has 5 nitrogen and oxygen atoms in total. The standard InChI is InChI=1S/C32H39P.C2F6NO4S2.Au/c1-2-6-28(7-3-1)29-8-4-5-9-30(29)33(31-16-22-10-23(17-31)12-24(11-22)18-31)32-19-25-13-26(20-32)15-27(14-25)21-32;3-1(4,5)14(10,11)9-15(12,13)2(6,7)8;/h1-9,22-27H,10-21H2;;/q;-1;+1. The summed E-state index contributed by atoms with van der Waals surface area (Å²) in [6.07, 6.45) is 18.9. The number of rotatable bonds is 6. The maximum atomic E-state index is 11.4. The smallest absolute Gasteiger partial charge is 0.421 e. The summed E-state index contributed by atoms with van der Waals surface area (Å²) in [6, 6.07) is 21.3. The Hall–Kier alpha value is -0.950. The zero-order valence-electron chi connectivity index (χ0n) is 26.6. The van der Waals surface area contributed by atoms with Gasteiger partial charge in [0.1, 0.15) is 0 Å². The molecule has 0 amide bonds. The summed E-state index contributed by atoms with van der Waals surface area (Å²) in [5.41, 5.74) is -9.35. The number of hydrogen-bond acceptors (Lipinski definition) is 4. The van der Waals surface area contributed by atoms with Gasteiger partial charge in [-0.05, 0) is 139 Å². The SMILES string of the molecule is O=S(=O)([N-]S(=O)(=O)C(F)(F)F)C(F)(F)F.[Au+].c1ccc(-c2ccccc2P(C23CC4CC(CC(C4)C2)C3)C23CC4CC(CC(C4)C2)C3)cc1. The first kappa shape index (κ1) is 37.8. The van der Waals surface area contributed by atoms with Gasteiger partial charge in [0.15, 0.2) is 20.0 Å². The zero-order chi connectivity index (χ0) is 34.3. The number of hydrogen-bond donors (Lipinski definition) is 0. The number of alkyl halides is 6. The minimum absolute atomic E-state index is 0. The van der Waals surface area contributed by atoms with Gasteiger partial charge in [-0.2, -0.15) is 26.3 Å². The maximum Gasteiger partial charge on any atom is 1.00 e. The molecule has 0 atom stereocenters. The van der Waals surface area contributed by atoms with Crippen LogP contribution in [0.5, 0.6) is 0 Å². The monoisotopic (exact) mass is 931 g/mol. The number of nitrogens with zero attached hydrogens (tertiary/aromatic N) is 1. The van der Waals surface area contributed by atoms with Gasteiger partial charge in [-0.1, -0.05) is 62.5 Å². The average molecular weight is 932 g/mol. The van der Waals surface area contributed by atoms with E-state index in [1.165, 1.54) is 5.56 Å². The van der Waals surface area contributed by atoms with Crippen LogP contribution in [-0.4, -0.2) is 38.2 Å². The molecule has 8 fully saturated rings. The quantitative estimate of drug-likeness (QED) is 0.164. The minimum atomic E-state index is -6.72. The van der Waals surface area contributed by atoms with Crippen LogP contribution >= 0.6 is 7.92 Å². The molecule has 0 aliphatic heterocycles. The summed E-state index contributed by atoms with van der Waals surface area (Å²) in [4.78, 5) is 0. The van der Waals surface area contributed by atoms with Crippen LogP contribution in [0.4, 0.5) is 26.3 Å². The Morgan fingerprint density at radius 2 is 0.878 bits per heavy atom. The van der Waals surface area contributed by atoms with Crippen LogP contribution in [0, 0.1) is 35.5 Å². The van der Waals surface area contributed by atoms with Gasteiger partial charge >= 0.3 is 33.4 Å². The van der Waals surface area contributed by atoms with E-state index in [9.17, 15) is 43.2 Å². The first-order chi connectivity index (χ1) is 22.4. The second-order valence-corrected chi connectivity index (χ2v) is 21.9. The molecular formula is C34H39AuF6NO4PS2. The van der Waals surface area contributed by atoms with E-state index in [-0.39, 0.29) is 30.3 Å². The van der Waals surface area contributed by atoms with Crippen LogP contribution < -0.4 is 5.30 Å². The Balaban J connectivity index is 0.000000225. The van der Waals surface area contributed by atoms with Crippen LogP contribution in [-0.2, 0) is 42.4 Å². The molecule has 0 radical (unpaired) electrons. The second-order valence-electron chi connectivity index (χ2n) is 15.4. The Morgan fingerprint density at radius 3 is 1.22 bits per heavy atom. The summed E-state index contributed by atoms with van der Waals surface area (Å²) >= 11 is 0. The first-order valence-electron chi connectivity index (χ1n) is 16.7. The van der Waals surface area contributed by atoms with Crippen LogP contribution in [0.25, 0.3) is 15.3 Å². The normalized spacial score (nSPS) is 35.3. The van der Waals surface area contributed by atoms with Gasteiger partial charge in [0.25, 0.3) is 0 Å². The van der Waals surface area contributed by atoms with E-state index in [1.807, 2.05) is 5.30 Å². The molecule has 0 spiro atoms. The van der Waals surface area contributed by atoms with Gasteiger partial charge in [-0.25, -0.2) is 16.8 Å². The fraction of sp³-hybridized carbons (Fsp3) is 0.647. The van der Waals surface area contributed by atoms with Gasteiger partial charge in [-0.3, -0.25) is 0 Å². The molecule has 0 aromatic heterocycles. The molecule has 0 saturated heterocycles. The predicted octanol–water partition coefficient (Wildman–Crippen LogP) is 9.46. The molecule has 274 valence electrons. The Labute approximate surface area is 301 Å². The van der Waals surface area contributed by atoms with Gasteiger partial charge in [0.05, 0.1) is 0 Å². The van der Waals surface area contributed by atoms with Crippen LogP contribution in [0.15, 0.2) is 54.6 Å². The molecular weight excluding hydrogens is 892 g/mol. The van der Waals surface area contributed by atoms with Crippen LogP contribution in [0.3, 0.4) is 0 Å². The summed E-state index contributed by atoms with van der Waals surface area (Å²) in [5, 5.41) is 3.13. The molecule has 8 aliphatic rings. The third kappa shape index (κ3) is 7.09. The first-order valence-corrected chi connectivity index (χ1v) is 20.9. The van der Waals surface area contributed by atoms with E-state index >= 15 is 0 Å². The van der Waals surface area contributed by atoms with Crippen molar-refractivity contribution in [1.82, 2.24) is 0 Å². The second kappa shape index (κ2) is 13.2. The molecule has 8 bridgehead atoms. The third-order valence-corrected chi connectivity index (χ3v) is 18.6. The van der Waals surface area contributed by atoms with Crippen molar-refractivity contribution in [2.24, 2.45) is 35.5 Å². The molecule has 2 aromatic carbocycles. The molecule has 0 heterocycles. The van der Waals surface area contributed by atoms with Gasteiger partial charge in [0, 0.05) is 0 Å². The Morgan fingerprint density at radius 1 is 0.551 bits per heavy atom. The molecule has 0 N–H and O–H groups in total. The van der Waals surface area contributed by atoms with Crippen LogP contribution in [0.2, 0.25) is 0 Å². The zero-order valence-corrected chi connectivity index (χ0v) is 31.3. The fourth-order valence-corrected chi connectivity index (χ4v) is 18.5. The molecule has 8 aliphatic carbocycles. The predicted molar refractivity (Wildman–Crippen MR) is 174 cm³/mol. The molecule has 0 unspecified atom stereocenters. The molecule has 15 heteroatoms. The van der Waals surface area contributed by atoms with Gasteiger partial charge in [0.2, 0.25) is 0 Å². The van der Waals surface area contributed by atoms with E-state index in [0.717, 1.165) is 39.6 Å². The Kier molecular flexibility index (Phi) is 10.2. The van der Waals surface area contributed by atoms with E-state index in [0.29, 0.717) is 10.3 Å². The van der Waals surface area contributed by atoms with Crippen LogP contribution in [0.1, 0.15) is 77.0 Å². The summed E-state index contributed by atoms with van der Waals surface area (Å²) in [6.45, 7) is 0. The van der Waals surface area contributed by atoms with E-state index < -0.39 is 31.1 Å². The summed E-state index contributed by atoms with van der Waals surface area (Å²) in [7, 11) is -13.6. The largest absolute Gasteiger partial charge is 1.00 e. The van der Waals surface area contributed by atoms with Crippen molar-refractivity contribution in [1.29, 1.82) is 0 Å². The Bertz CT molecular complexity index is 1600. The van der Waals surface area contributed by atoms with Crippen molar-refractivity contribution in [3.63, 3.8) is 0 Å². The van der Waals surface area contributed by atoms with E-state index in [1.54, 1.807) is 82.6 Å². The fourth-order valence-electron chi connectivity index (χ4n) is 11.4. The molecule has 2 aromatic rings. The maximum absolute atomic E-state index is 11.4. The number of halogens is 6. The summed E-state index contributed by atoms with van der Waals surface area (Å²) in [5.74, 6) is 6.33. The van der Waals surface area contributed by atoms with Crippen molar-refractivity contribution in [3.05, 3.63) is 58.7 Å². The molecule has 8 saturated carbocycles. The molecule has 49 heavy (non-hydrogen) atoms. The van der Waals surface area contributed by atoms with Crippen molar-refractivity contribution < 1.29 is 65.6 Å². The van der Waals surface area contributed by atoms with Gasteiger partial charge in [-0.15, -0.1) is 0 Å². The van der Waals surface area contributed by atoms with Crippen molar-refractivity contribution in [3.8, 4) is 11.1 Å². The minimum Gasteiger partial charge on any atom is -0.421 e. The average Bonchev–Trinajstić information content (AvgIpc) is 2.95.